The molecule has 0 bridgehead atoms. The summed E-state index contributed by atoms with van der Waals surface area (Å²) < 4.78 is 21.3. The quantitative estimate of drug-likeness (QED) is 0.271. The first-order valence-electron chi connectivity index (χ1n) is 10.3. The van der Waals surface area contributed by atoms with Gasteiger partial charge in [0, 0.05) is 24.8 Å². The van der Waals surface area contributed by atoms with Gasteiger partial charge in [-0.15, -0.1) is 0 Å². The highest BCUT2D eigenvalue weighted by Gasteiger charge is 2.46. The Kier molecular flexibility index (Phi) is 6.75. The maximum absolute atomic E-state index is 12.9. The molecule has 0 radical (unpaired) electrons. The maximum atomic E-state index is 12.9. The lowest BCUT2D eigenvalue weighted by Crippen LogP contribution is -2.55. The normalized spacial score (nSPS) is 24.9. The number of hydrogen-bond donors (Lipinski definition) is 6. The van der Waals surface area contributed by atoms with Crippen LogP contribution >= 0.6 is 0 Å². The SMILES string of the molecule is COCOc1ccc(-c2cc(=O)c3c(O)c([C@@H]4O[C@H](CO)[C@@H](O)[C@H](O)[C@H]4O)c(O)cc3o2)cc1. The predicted octanol–water partition coefficient (Wildman–Crippen LogP) is 0.369. The van der Waals surface area contributed by atoms with Crippen LogP contribution in [0, 0.1) is 0 Å². The molecule has 1 aliphatic rings. The minimum Gasteiger partial charge on any atom is -0.507 e. The molecule has 1 saturated heterocycles. The summed E-state index contributed by atoms with van der Waals surface area (Å²) in [7, 11) is 1.49. The molecule has 5 atom stereocenters. The van der Waals surface area contributed by atoms with E-state index < -0.39 is 54.1 Å². The minimum atomic E-state index is -1.77. The first kappa shape index (κ1) is 24.0. The first-order chi connectivity index (χ1) is 16.3. The Morgan fingerprint density at radius 1 is 1.00 bits per heavy atom. The van der Waals surface area contributed by atoms with Gasteiger partial charge in [-0.05, 0) is 24.3 Å². The first-order valence-corrected chi connectivity index (χ1v) is 10.3. The molecule has 0 unspecified atom stereocenters. The lowest BCUT2D eigenvalue weighted by molar-refractivity contribution is -0.232. The van der Waals surface area contributed by atoms with Gasteiger partial charge < -0.3 is 49.3 Å². The van der Waals surface area contributed by atoms with E-state index in [2.05, 4.69) is 0 Å². The zero-order valence-corrected chi connectivity index (χ0v) is 18.0. The van der Waals surface area contributed by atoms with Crippen LogP contribution in [-0.2, 0) is 9.47 Å². The van der Waals surface area contributed by atoms with Crippen molar-refractivity contribution in [2.75, 3.05) is 20.5 Å². The molecule has 3 aromatic rings. The number of aliphatic hydroxyl groups excluding tert-OH is 4. The number of methoxy groups -OCH3 is 1. The van der Waals surface area contributed by atoms with Gasteiger partial charge in [0.25, 0.3) is 0 Å². The van der Waals surface area contributed by atoms with E-state index in [-0.39, 0.29) is 29.1 Å². The van der Waals surface area contributed by atoms with E-state index in [1.165, 1.54) is 7.11 Å². The van der Waals surface area contributed by atoms with Crippen molar-refractivity contribution in [3.05, 3.63) is 52.2 Å². The van der Waals surface area contributed by atoms with Gasteiger partial charge in [-0.25, -0.2) is 0 Å². The van der Waals surface area contributed by atoms with Crippen LogP contribution in [0.2, 0.25) is 0 Å². The van der Waals surface area contributed by atoms with Crippen LogP contribution in [0.15, 0.2) is 45.6 Å². The van der Waals surface area contributed by atoms with E-state index in [0.29, 0.717) is 11.3 Å². The van der Waals surface area contributed by atoms with Crippen molar-refractivity contribution < 1.29 is 49.3 Å². The summed E-state index contributed by atoms with van der Waals surface area (Å²) in [6.07, 6.45) is -7.94. The molecule has 4 rings (SSSR count). The molecule has 2 heterocycles. The lowest BCUT2D eigenvalue weighted by atomic mass is 9.89. The number of hydrogen-bond acceptors (Lipinski definition) is 11. The van der Waals surface area contributed by atoms with Crippen molar-refractivity contribution in [3.63, 3.8) is 0 Å². The lowest BCUT2D eigenvalue weighted by Gasteiger charge is -2.40. The van der Waals surface area contributed by atoms with Gasteiger partial charge in [-0.2, -0.15) is 0 Å². The van der Waals surface area contributed by atoms with E-state index in [4.69, 9.17) is 18.6 Å². The van der Waals surface area contributed by atoms with Gasteiger partial charge in [0.2, 0.25) is 0 Å². The molecule has 34 heavy (non-hydrogen) atoms. The fourth-order valence-electron chi connectivity index (χ4n) is 3.91. The second kappa shape index (κ2) is 9.58. The molecule has 2 aromatic carbocycles. The summed E-state index contributed by atoms with van der Waals surface area (Å²) >= 11 is 0. The van der Waals surface area contributed by atoms with E-state index >= 15 is 0 Å². The molecular weight excluding hydrogens is 452 g/mol. The number of rotatable bonds is 6. The predicted molar refractivity (Wildman–Crippen MR) is 116 cm³/mol. The third kappa shape index (κ3) is 4.20. The number of benzene rings is 2. The molecule has 0 aliphatic carbocycles. The maximum Gasteiger partial charge on any atom is 0.197 e. The Hall–Kier alpha value is -3.19. The Labute approximate surface area is 192 Å². The molecule has 0 amide bonds. The van der Waals surface area contributed by atoms with E-state index in [1.54, 1.807) is 24.3 Å². The third-order valence-corrected chi connectivity index (χ3v) is 5.67. The summed E-state index contributed by atoms with van der Waals surface area (Å²) in [5.74, 6) is -0.607. The average molecular weight is 476 g/mol. The summed E-state index contributed by atoms with van der Waals surface area (Å²) in [5, 5.41) is 60.9. The van der Waals surface area contributed by atoms with Crippen LogP contribution in [0.4, 0.5) is 0 Å². The van der Waals surface area contributed by atoms with E-state index in [0.717, 1.165) is 12.1 Å². The van der Waals surface area contributed by atoms with Crippen molar-refractivity contribution in [3.8, 4) is 28.6 Å². The van der Waals surface area contributed by atoms with Crippen LogP contribution in [0.3, 0.4) is 0 Å². The average Bonchev–Trinajstić information content (AvgIpc) is 2.82. The molecular formula is C23H24O11. The standard InChI is InChI=1S/C23H24O11/c1-31-9-32-11-4-2-10(3-5-11)14-6-12(25)17-15(33-14)7-13(26)18(20(17)28)23-22(30)21(29)19(27)16(8-24)34-23/h2-7,16,19,21-24,26-30H,8-9H2,1H3/t16-,19-,21+,22-,23+/m1/s1. The van der Waals surface area contributed by atoms with Gasteiger partial charge in [-0.1, -0.05) is 0 Å². The summed E-state index contributed by atoms with van der Waals surface area (Å²) in [6.45, 7) is -0.628. The molecule has 11 nitrogen and oxygen atoms in total. The van der Waals surface area contributed by atoms with Gasteiger partial charge in [-0.3, -0.25) is 4.79 Å². The van der Waals surface area contributed by atoms with Gasteiger partial charge in [0.15, 0.2) is 12.2 Å². The molecule has 11 heteroatoms. The molecule has 1 aliphatic heterocycles. The zero-order chi connectivity index (χ0) is 24.6. The number of fused-ring (bicyclic) bond motifs is 1. The topological polar surface area (TPSA) is 179 Å². The highest BCUT2D eigenvalue weighted by atomic mass is 16.7. The molecule has 0 saturated carbocycles. The third-order valence-electron chi connectivity index (χ3n) is 5.67. The highest BCUT2D eigenvalue weighted by Crippen LogP contribution is 2.44. The van der Waals surface area contributed by atoms with Crippen LogP contribution in [0.5, 0.6) is 17.2 Å². The monoisotopic (exact) mass is 476 g/mol. The van der Waals surface area contributed by atoms with E-state index in [1.807, 2.05) is 0 Å². The van der Waals surface area contributed by atoms with Crippen LogP contribution in [0.25, 0.3) is 22.3 Å². The van der Waals surface area contributed by atoms with Crippen molar-refractivity contribution >= 4 is 11.0 Å². The van der Waals surface area contributed by atoms with Crippen LogP contribution in [0.1, 0.15) is 11.7 Å². The fourth-order valence-corrected chi connectivity index (χ4v) is 3.91. The van der Waals surface area contributed by atoms with Crippen LogP contribution < -0.4 is 10.2 Å². The van der Waals surface area contributed by atoms with Gasteiger partial charge >= 0.3 is 0 Å². The summed E-state index contributed by atoms with van der Waals surface area (Å²) in [4.78, 5) is 12.9. The van der Waals surface area contributed by atoms with Crippen LogP contribution in [-0.4, -0.2) is 75.6 Å². The largest absolute Gasteiger partial charge is 0.507 e. The highest BCUT2D eigenvalue weighted by molar-refractivity contribution is 5.88. The molecule has 1 fully saturated rings. The summed E-state index contributed by atoms with van der Waals surface area (Å²) in [6, 6.07) is 8.83. The Balaban J connectivity index is 1.76. The molecule has 1 aromatic heterocycles. The van der Waals surface area contributed by atoms with E-state index in [9.17, 15) is 35.4 Å². The van der Waals surface area contributed by atoms with Crippen molar-refractivity contribution in [1.82, 2.24) is 0 Å². The second-order valence-corrected chi connectivity index (χ2v) is 7.83. The molecule has 0 spiro atoms. The minimum absolute atomic E-state index is 0.0692. The Bertz CT molecular complexity index is 1220. The molecule has 182 valence electrons. The fraction of sp³-hybridized carbons (Fsp3) is 0.348. The van der Waals surface area contributed by atoms with Crippen molar-refractivity contribution in [1.29, 1.82) is 0 Å². The number of phenols is 2. The van der Waals surface area contributed by atoms with Crippen molar-refractivity contribution in [2.45, 2.75) is 30.5 Å². The van der Waals surface area contributed by atoms with Gasteiger partial charge in [0.05, 0.1) is 12.2 Å². The Morgan fingerprint density at radius 2 is 1.71 bits per heavy atom. The number of phenolic OH excluding ortho intramolecular Hbond substituents is 2. The van der Waals surface area contributed by atoms with Crippen molar-refractivity contribution in [2.24, 2.45) is 0 Å². The number of aliphatic hydroxyl groups is 4. The molecule has 6 N–H and O–H groups in total. The Morgan fingerprint density at radius 3 is 2.35 bits per heavy atom. The van der Waals surface area contributed by atoms with Gasteiger partial charge in [0.1, 0.15) is 64.5 Å². The zero-order valence-electron chi connectivity index (χ0n) is 18.0. The smallest absolute Gasteiger partial charge is 0.197 e. The number of aromatic hydroxyl groups is 2. The summed E-state index contributed by atoms with van der Waals surface area (Å²) in [5.41, 5.74) is -0.630. The second-order valence-electron chi connectivity index (χ2n) is 7.83. The number of ether oxygens (including phenoxy) is 3.